The van der Waals surface area contributed by atoms with Crippen molar-refractivity contribution in [2.75, 3.05) is 30.2 Å². The van der Waals surface area contributed by atoms with E-state index in [1.165, 1.54) is 6.08 Å². The van der Waals surface area contributed by atoms with Gasteiger partial charge in [-0.05, 0) is 31.0 Å². The average Bonchev–Trinajstić information content (AvgIpc) is 3.15. The monoisotopic (exact) mass is 487 g/mol. The highest BCUT2D eigenvalue weighted by atomic mass is 35.5. The molecule has 12 heteroatoms. The van der Waals surface area contributed by atoms with E-state index in [-0.39, 0.29) is 30.1 Å². The molecule has 1 amide bonds. The van der Waals surface area contributed by atoms with E-state index in [0.29, 0.717) is 29.5 Å². The number of nitrogens with one attached hydrogen (secondary N) is 1. The second-order valence-electron chi connectivity index (χ2n) is 6.34. The minimum Gasteiger partial charge on any atom is -0.449 e. The first-order valence-corrected chi connectivity index (χ1v) is 12.5. The van der Waals surface area contributed by atoms with Gasteiger partial charge in [0.05, 0.1) is 12.4 Å². The Balaban J connectivity index is 1.88. The summed E-state index contributed by atoms with van der Waals surface area (Å²) in [5, 5.41) is 9.03. The Morgan fingerprint density at radius 3 is 2.74 bits per heavy atom. The van der Waals surface area contributed by atoms with Crippen LogP contribution in [0.4, 0.5) is 9.93 Å². The number of hydrogen-bond donors (Lipinski definition) is 2. The molecule has 0 aliphatic heterocycles. The molecule has 0 spiro atoms. The fraction of sp³-hybridized carbons (Fsp3) is 0.421. The van der Waals surface area contributed by atoms with Crippen molar-refractivity contribution < 1.29 is 17.9 Å². The maximum absolute atomic E-state index is 12.3. The van der Waals surface area contributed by atoms with Gasteiger partial charge in [0.1, 0.15) is 5.01 Å². The van der Waals surface area contributed by atoms with Crippen molar-refractivity contribution in [3.63, 3.8) is 0 Å². The van der Waals surface area contributed by atoms with Crippen LogP contribution < -0.4 is 10.5 Å². The van der Waals surface area contributed by atoms with E-state index in [2.05, 4.69) is 14.9 Å². The van der Waals surface area contributed by atoms with Crippen molar-refractivity contribution in [1.82, 2.24) is 15.1 Å². The predicted octanol–water partition coefficient (Wildman–Crippen LogP) is 3.13. The molecule has 1 heterocycles. The standard InChI is InChI=1S/C19H26ClN5O4S2/c1-3-25(4-2)19(26)29-11-10-17-22-23-18(30-17)24-31(27,28)12-6-8-14-7-5-9-16(20)15(14)13-21/h5-9H,3-4,10-13,21H2,1-2H3,(H,23,24). The second kappa shape index (κ2) is 12.0. The zero-order chi connectivity index (χ0) is 22.9. The molecular weight excluding hydrogens is 462 g/mol. The van der Waals surface area contributed by atoms with E-state index < -0.39 is 10.0 Å². The van der Waals surface area contributed by atoms with Gasteiger partial charge in [0.15, 0.2) is 0 Å². The van der Waals surface area contributed by atoms with Crippen LogP contribution in [-0.4, -0.2) is 55.1 Å². The lowest BCUT2D eigenvalue weighted by molar-refractivity contribution is 0.107. The minimum atomic E-state index is -3.66. The third kappa shape index (κ3) is 7.76. The second-order valence-corrected chi connectivity index (χ2v) is 9.57. The van der Waals surface area contributed by atoms with Gasteiger partial charge < -0.3 is 15.4 Å². The molecule has 0 unspecified atom stereocenters. The summed E-state index contributed by atoms with van der Waals surface area (Å²) in [6, 6.07) is 5.32. The number of amides is 1. The molecule has 2 aromatic rings. The number of rotatable bonds is 11. The van der Waals surface area contributed by atoms with Crippen molar-refractivity contribution in [3.8, 4) is 0 Å². The number of benzene rings is 1. The van der Waals surface area contributed by atoms with E-state index >= 15 is 0 Å². The van der Waals surface area contributed by atoms with Gasteiger partial charge in [-0.3, -0.25) is 4.72 Å². The van der Waals surface area contributed by atoms with Crippen LogP contribution in [0.2, 0.25) is 5.02 Å². The van der Waals surface area contributed by atoms with Crippen molar-refractivity contribution in [2.45, 2.75) is 26.8 Å². The topological polar surface area (TPSA) is 128 Å². The SMILES string of the molecule is CCN(CC)C(=O)OCCc1nnc(NS(=O)(=O)CC=Cc2cccc(Cl)c2CN)s1. The first kappa shape index (κ1) is 25.1. The Labute approximate surface area is 191 Å². The summed E-state index contributed by atoms with van der Waals surface area (Å²) < 4.78 is 32.2. The van der Waals surface area contributed by atoms with Gasteiger partial charge in [-0.15, -0.1) is 10.2 Å². The van der Waals surface area contributed by atoms with Crippen molar-refractivity contribution in [2.24, 2.45) is 5.73 Å². The molecule has 0 saturated heterocycles. The third-order valence-electron chi connectivity index (χ3n) is 4.25. The van der Waals surface area contributed by atoms with E-state index in [0.717, 1.165) is 22.5 Å². The molecule has 3 N–H and O–H groups in total. The smallest absolute Gasteiger partial charge is 0.409 e. The van der Waals surface area contributed by atoms with Crippen LogP contribution in [-0.2, 0) is 27.7 Å². The molecule has 0 fully saturated rings. The number of anilines is 1. The van der Waals surface area contributed by atoms with E-state index in [9.17, 15) is 13.2 Å². The number of hydrogen-bond acceptors (Lipinski definition) is 8. The Morgan fingerprint density at radius 2 is 2.06 bits per heavy atom. The van der Waals surface area contributed by atoms with Crippen LogP contribution in [0.5, 0.6) is 0 Å². The van der Waals surface area contributed by atoms with E-state index in [1.807, 2.05) is 19.9 Å². The summed E-state index contributed by atoms with van der Waals surface area (Å²) >= 11 is 7.20. The van der Waals surface area contributed by atoms with Gasteiger partial charge in [-0.1, -0.05) is 47.2 Å². The maximum atomic E-state index is 12.3. The summed E-state index contributed by atoms with van der Waals surface area (Å²) in [5.74, 6) is -0.250. The van der Waals surface area contributed by atoms with Crippen molar-refractivity contribution in [3.05, 3.63) is 45.4 Å². The molecule has 1 aromatic heterocycles. The van der Waals surface area contributed by atoms with Crippen molar-refractivity contribution >= 4 is 50.3 Å². The third-order valence-corrected chi connectivity index (χ3v) is 6.76. The molecule has 2 rings (SSSR count). The summed E-state index contributed by atoms with van der Waals surface area (Å²) in [7, 11) is -3.66. The van der Waals surface area contributed by atoms with Crippen LogP contribution in [0.15, 0.2) is 24.3 Å². The van der Waals surface area contributed by atoms with E-state index in [1.54, 1.807) is 23.1 Å². The number of aromatic nitrogens is 2. The highest BCUT2D eigenvalue weighted by Crippen LogP contribution is 2.21. The fourth-order valence-corrected chi connectivity index (χ4v) is 4.74. The summed E-state index contributed by atoms with van der Waals surface area (Å²) in [6.45, 7) is 5.27. The molecule has 31 heavy (non-hydrogen) atoms. The van der Waals surface area contributed by atoms with Crippen molar-refractivity contribution in [1.29, 1.82) is 0 Å². The quantitative estimate of drug-likeness (QED) is 0.498. The Bertz CT molecular complexity index is 1010. The number of carbonyl (C=O) groups excluding carboxylic acids is 1. The highest BCUT2D eigenvalue weighted by molar-refractivity contribution is 7.93. The fourth-order valence-electron chi connectivity index (χ4n) is 2.62. The Hall–Kier alpha value is -2.21. The number of ether oxygens (including phenoxy) is 1. The number of carbonyl (C=O) groups is 1. The molecule has 1 aromatic carbocycles. The van der Waals surface area contributed by atoms with Gasteiger partial charge in [-0.2, -0.15) is 0 Å². The molecule has 9 nitrogen and oxygen atoms in total. The van der Waals surface area contributed by atoms with Crippen LogP contribution in [0.25, 0.3) is 6.08 Å². The molecule has 170 valence electrons. The number of halogens is 1. The molecule has 0 radical (unpaired) electrons. The number of nitrogens with two attached hydrogens (primary N) is 1. The summed E-state index contributed by atoms with van der Waals surface area (Å²) in [4.78, 5) is 13.4. The largest absolute Gasteiger partial charge is 0.449 e. The van der Waals surface area contributed by atoms with Crippen LogP contribution in [0, 0.1) is 0 Å². The predicted molar refractivity (Wildman–Crippen MR) is 124 cm³/mol. The summed E-state index contributed by atoms with van der Waals surface area (Å²) in [5.41, 5.74) is 7.22. The lowest BCUT2D eigenvalue weighted by Gasteiger charge is -2.17. The van der Waals surface area contributed by atoms with Gasteiger partial charge in [0, 0.05) is 31.1 Å². The van der Waals surface area contributed by atoms with Gasteiger partial charge >= 0.3 is 6.09 Å². The van der Waals surface area contributed by atoms with Crippen LogP contribution in [0.3, 0.4) is 0 Å². The molecular formula is C19H26ClN5O4S2. The molecule has 0 aliphatic rings. The van der Waals surface area contributed by atoms with E-state index in [4.69, 9.17) is 22.1 Å². The normalized spacial score (nSPS) is 11.6. The highest BCUT2D eigenvalue weighted by Gasteiger charge is 2.14. The first-order valence-electron chi connectivity index (χ1n) is 9.68. The lowest BCUT2D eigenvalue weighted by Crippen LogP contribution is -2.31. The van der Waals surface area contributed by atoms with Crippen LogP contribution >= 0.6 is 22.9 Å². The average molecular weight is 488 g/mol. The lowest BCUT2D eigenvalue weighted by atomic mass is 10.1. The van der Waals surface area contributed by atoms with Gasteiger partial charge in [0.2, 0.25) is 15.2 Å². The number of sulfonamides is 1. The molecule has 0 atom stereocenters. The Morgan fingerprint density at radius 1 is 1.32 bits per heavy atom. The summed E-state index contributed by atoms with van der Waals surface area (Å²) in [6.07, 6.45) is 3.15. The zero-order valence-electron chi connectivity index (χ0n) is 17.4. The molecule has 0 saturated carbocycles. The van der Waals surface area contributed by atoms with Gasteiger partial charge in [-0.25, -0.2) is 13.2 Å². The van der Waals surface area contributed by atoms with Gasteiger partial charge in [0.25, 0.3) is 0 Å². The zero-order valence-corrected chi connectivity index (χ0v) is 19.8. The number of nitrogens with zero attached hydrogens (tertiary/aromatic N) is 3. The first-order chi connectivity index (χ1) is 14.8. The minimum absolute atomic E-state index is 0.141. The Kier molecular flexibility index (Phi) is 9.69. The van der Waals surface area contributed by atoms with Crippen LogP contribution in [0.1, 0.15) is 30.0 Å². The molecule has 0 bridgehead atoms. The molecule has 0 aliphatic carbocycles. The maximum Gasteiger partial charge on any atom is 0.409 e.